The van der Waals surface area contributed by atoms with Crippen LogP contribution < -0.4 is 16.1 Å². The van der Waals surface area contributed by atoms with Crippen LogP contribution in [0.2, 0.25) is 0 Å². The van der Waals surface area contributed by atoms with Crippen molar-refractivity contribution in [3.63, 3.8) is 0 Å². The fourth-order valence-corrected chi connectivity index (χ4v) is 2.32. The first-order valence-corrected chi connectivity index (χ1v) is 7.24. The number of hydrogen-bond acceptors (Lipinski definition) is 5. The first-order chi connectivity index (χ1) is 10.0. The molecule has 0 spiro atoms. The van der Waals surface area contributed by atoms with Gasteiger partial charge in [0.2, 0.25) is 0 Å². The molecule has 1 heterocycles. The summed E-state index contributed by atoms with van der Waals surface area (Å²) in [6.07, 6.45) is 4.39. The smallest absolute Gasteiger partial charge is 0.338 e. The molecule has 0 saturated heterocycles. The Balaban J connectivity index is 2.24. The Labute approximate surface area is 123 Å². The van der Waals surface area contributed by atoms with Crippen molar-refractivity contribution in [1.29, 1.82) is 0 Å². The molecule has 0 amide bonds. The van der Waals surface area contributed by atoms with E-state index < -0.39 is 5.63 Å². The molecule has 0 saturated carbocycles. The lowest BCUT2D eigenvalue weighted by Gasteiger charge is -2.15. The van der Waals surface area contributed by atoms with E-state index in [4.69, 9.17) is 14.9 Å². The lowest BCUT2D eigenvalue weighted by molar-refractivity contribution is 0.206. The van der Waals surface area contributed by atoms with Crippen LogP contribution in [0.25, 0.3) is 11.0 Å². The molecule has 21 heavy (non-hydrogen) atoms. The molecule has 1 atom stereocenters. The predicted molar refractivity (Wildman–Crippen MR) is 82.8 cm³/mol. The van der Waals surface area contributed by atoms with Gasteiger partial charge < -0.3 is 20.0 Å². The summed E-state index contributed by atoms with van der Waals surface area (Å²) < 4.78 is 10.8. The number of phenols is 1. The molecule has 0 fully saturated rings. The number of phenolic OH excluding ortho intramolecular Hbond substituents is 1. The maximum Gasteiger partial charge on any atom is 0.338 e. The average Bonchev–Trinajstić information content (AvgIpc) is 2.37. The zero-order chi connectivity index (χ0) is 15.4. The monoisotopic (exact) mass is 291 g/mol. The fourth-order valence-electron chi connectivity index (χ4n) is 2.32. The molecular weight excluding hydrogens is 270 g/mol. The summed E-state index contributed by atoms with van der Waals surface area (Å²) in [6, 6.07) is 4.23. The molecule has 0 radical (unpaired) electrons. The second-order valence-electron chi connectivity index (χ2n) is 5.26. The van der Waals surface area contributed by atoms with Gasteiger partial charge in [-0.05, 0) is 19.8 Å². The van der Waals surface area contributed by atoms with E-state index in [1.54, 1.807) is 6.07 Å². The molecule has 3 N–H and O–H groups in total. The number of ether oxygens (including phenoxy) is 1. The largest absolute Gasteiger partial charge is 0.507 e. The van der Waals surface area contributed by atoms with Gasteiger partial charge >= 0.3 is 5.63 Å². The number of unbranched alkanes of at least 4 members (excludes halogenated alkanes) is 2. The van der Waals surface area contributed by atoms with Crippen molar-refractivity contribution in [2.45, 2.75) is 45.6 Å². The van der Waals surface area contributed by atoms with Crippen LogP contribution in [0.4, 0.5) is 5.69 Å². The lowest BCUT2D eigenvalue weighted by Crippen LogP contribution is -2.11. The van der Waals surface area contributed by atoms with E-state index in [1.807, 2.05) is 6.92 Å². The van der Waals surface area contributed by atoms with E-state index >= 15 is 0 Å². The first-order valence-electron chi connectivity index (χ1n) is 7.24. The summed E-state index contributed by atoms with van der Waals surface area (Å²) in [6.45, 7) is 4.13. The molecule has 2 rings (SSSR count). The minimum atomic E-state index is -0.549. The molecule has 5 nitrogen and oxygen atoms in total. The van der Waals surface area contributed by atoms with Gasteiger partial charge in [-0.1, -0.05) is 19.8 Å². The van der Waals surface area contributed by atoms with Crippen molar-refractivity contribution in [3.8, 4) is 11.5 Å². The molecule has 114 valence electrons. The maximum absolute atomic E-state index is 11.4. The summed E-state index contributed by atoms with van der Waals surface area (Å²) in [5, 5.41) is 10.4. The highest BCUT2D eigenvalue weighted by molar-refractivity contribution is 5.94. The normalized spacial score (nSPS) is 12.5. The van der Waals surface area contributed by atoms with Crippen LogP contribution in [0.15, 0.2) is 27.4 Å². The van der Waals surface area contributed by atoms with Crippen molar-refractivity contribution in [3.05, 3.63) is 28.6 Å². The summed E-state index contributed by atoms with van der Waals surface area (Å²) >= 11 is 0. The minimum absolute atomic E-state index is 0.0289. The number of hydrogen-bond donors (Lipinski definition) is 2. The Morgan fingerprint density at radius 2 is 2.10 bits per heavy atom. The van der Waals surface area contributed by atoms with Crippen LogP contribution in [-0.2, 0) is 0 Å². The van der Waals surface area contributed by atoms with E-state index in [2.05, 4.69) is 6.92 Å². The second-order valence-corrected chi connectivity index (χ2v) is 5.26. The summed E-state index contributed by atoms with van der Waals surface area (Å²) in [7, 11) is 0. The molecule has 1 unspecified atom stereocenters. The molecular formula is C16H21NO4. The van der Waals surface area contributed by atoms with E-state index in [0.717, 1.165) is 25.3 Å². The third-order valence-electron chi connectivity index (χ3n) is 3.38. The van der Waals surface area contributed by atoms with E-state index in [9.17, 15) is 9.90 Å². The van der Waals surface area contributed by atoms with Gasteiger partial charge in [-0.15, -0.1) is 0 Å². The Kier molecular flexibility index (Phi) is 4.73. The molecule has 0 aliphatic heterocycles. The Morgan fingerprint density at radius 3 is 2.81 bits per heavy atom. The third kappa shape index (κ3) is 3.68. The number of benzene rings is 1. The van der Waals surface area contributed by atoms with Crippen LogP contribution >= 0.6 is 0 Å². The van der Waals surface area contributed by atoms with Crippen molar-refractivity contribution in [2.24, 2.45) is 0 Å². The number of fused-ring (bicyclic) bond motifs is 1. The number of nitrogen functional groups attached to an aromatic ring is 1. The van der Waals surface area contributed by atoms with Crippen LogP contribution in [0.1, 0.15) is 39.5 Å². The van der Waals surface area contributed by atoms with Gasteiger partial charge in [0, 0.05) is 18.2 Å². The summed E-state index contributed by atoms with van der Waals surface area (Å²) in [5.74, 6) is 0.419. The van der Waals surface area contributed by atoms with Crippen LogP contribution in [-0.4, -0.2) is 11.2 Å². The average molecular weight is 291 g/mol. The molecule has 0 aliphatic carbocycles. The molecule has 1 aromatic carbocycles. The van der Waals surface area contributed by atoms with E-state index in [1.165, 1.54) is 12.5 Å². The summed E-state index contributed by atoms with van der Waals surface area (Å²) in [5.41, 5.74) is 5.61. The standard InChI is InChI=1S/C16H21NO4/c1-3-4-5-6-10(2)20-11-7-13(18)16-12(17)9-15(19)21-14(16)8-11/h7-10,18H,3-6,17H2,1-2H3. The van der Waals surface area contributed by atoms with Gasteiger partial charge in [-0.2, -0.15) is 0 Å². The van der Waals surface area contributed by atoms with Gasteiger partial charge in [0.05, 0.1) is 17.2 Å². The molecule has 2 aromatic rings. The van der Waals surface area contributed by atoms with E-state index in [0.29, 0.717) is 11.1 Å². The van der Waals surface area contributed by atoms with Crippen molar-refractivity contribution >= 4 is 16.7 Å². The second kappa shape index (κ2) is 6.52. The third-order valence-corrected chi connectivity index (χ3v) is 3.38. The lowest BCUT2D eigenvalue weighted by atomic mass is 10.1. The SMILES string of the molecule is CCCCCC(C)Oc1cc(O)c2c(N)cc(=O)oc2c1. The number of aromatic hydroxyl groups is 1. The zero-order valence-corrected chi connectivity index (χ0v) is 12.4. The Bertz CT molecular complexity index is 678. The highest BCUT2D eigenvalue weighted by Gasteiger charge is 2.12. The van der Waals surface area contributed by atoms with Crippen molar-refractivity contribution in [1.82, 2.24) is 0 Å². The van der Waals surface area contributed by atoms with Crippen molar-refractivity contribution in [2.75, 3.05) is 5.73 Å². The molecule has 0 bridgehead atoms. The van der Waals surface area contributed by atoms with Gasteiger partial charge in [0.15, 0.2) is 0 Å². The number of nitrogens with two attached hydrogens (primary N) is 1. The highest BCUT2D eigenvalue weighted by atomic mass is 16.5. The zero-order valence-electron chi connectivity index (χ0n) is 12.4. The van der Waals surface area contributed by atoms with Crippen LogP contribution in [0.5, 0.6) is 11.5 Å². The van der Waals surface area contributed by atoms with E-state index in [-0.39, 0.29) is 23.1 Å². The van der Waals surface area contributed by atoms with Gasteiger partial charge in [0.25, 0.3) is 0 Å². The van der Waals surface area contributed by atoms with Crippen LogP contribution in [0, 0.1) is 0 Å². The summed E-state index contributed by atoms with van der Waals surface area (Å²) in [4.78, 5) is 11.4. The minimum Gasteiger partial charge on any atom is -0.507 e. The molecule has 1 aromatic heterocycles. The quantitative estimate of drug-likeness (QED) is 0.629. The van der Waals surface area contributed by atoms with Gasteiger partial charge in [-0.25, -0.2) is 4.79 Å². The van der Waals surface area contributed by atoms with Crippen LogP contribution in [0.3, 0.4) is 0 Å². The Hall–Kier alpha value is -2.17. The van der Waals surface area contributed by atoms with Gasteiger partial charge in [0.1, 0.15) is 17.1 Å². The highest BCUT2D eigenvalue weighted by Crippen LogP contribution is 2.33. The van der Waals surface area contributed by atoms with Gasteiger partial charge in [-0.3, -0.25) is 0 Å². The Morgan fingerprint density at radius 1 is 1.33 bits per heavy atom. The predicted octanol–water partition coefficient (Wildman–Crippen LogP) is 3.43. The first kappa shape index (κ1) is 15.2. The van der Waals surface area contributed by atoms with Crippen molar-refractivity contribution < 1.29 is 14.3 Å². The molecule has 5 heteroatoms. The number of rotatable bonds is 6. The topological polar surface area (TPSA) is 85.7 Å². The molecule has 0 aliphatic rings. The fraction of sp³-hybridized carbons (Fsp3) is 0.438. The number of anilines is 1. The maximum atomic E-state index is 11.4.